The number of Topliss-reactive ketones (excluding diaryl/α,β-unsaturated/α-hetero) is 1. The molecule has 0 radical (unpaired) electrons. The first-order valence-corrected chi connectivity index (χ1v) is 11.2. The van der Waals surface area contributed by atoms with E-state index >= 15 is 0 Å². The predicted octanol–water partition coefficient (Wildman–Crippen LogP) is 4.97. The van der Waals surface area contributed by atoms with Crippen molar-refractivity contribution in [2.45, 2.75) is 19.3 Å². The summed E-state index contributed by atoms with van der Waals surface area (Å²) in [6.45, 7) is 2.82. The van der Waals surface area contributed by atoms with Crippen molar-refractivity contribution in [3.63, 3.8) is 0 Å². The molecular weight excluding hydrogens is 417 g/mol. The fourth-order valence-electron chi connectivity index (χ4n) is 3.83. The molecule has 0 spiro atoms. The quantitative estimate of drug-likeness (QED) is 0.414. The van der Waals surface area contributed by atoms with Gasteiger partial charge in [-0.25, -0.2) is 9.18 Å². The first-order chi connectivity index (χ1) is 15.1. The summed E-state index contributed by atoms with van der Waals surface area (Å²) in [4.78, 5) is 26.8. The second kappa shape index (κ2) is 9.98. The van der Waals surface area contributed by atoms with Crippen LogP contribution in [0.15, 0.2) is 48.7 Å². The van der Waals surface area contributed by atoms with Crippen molar-refractivity contribution in [3.05, 3.63) is 60.0 Å². The molecular formula is C23H24FN3O3S. The maximum atomic E-state index is 13.0. The van der Waals surface area contributed by atoms with Crippen LogP contribution in [0.1, 0.15) is 29.6 Å². The molecule has 1 saturated heterocycles. The number of aromatic nitrogens is 1. The highest BCUT2D eigenvalue weighted by molar-refractivity contribution is 7.13. The second-order valence-corrected chi connectivity index (χ2v) is 8.51. The van der Waals surface area contributed by atoms with Gasteiger partial charge in [-0.15, -0.1) is 0 Å². The van der Waals surface area contributed by atoms with Crippen LogP contribution in [-0.4, -0.2) is 47.4 Å². The zero-order chi connectivity index (χ0) is 21.6. The zero-order valence-electron chi connectivity index (χ0n) is 17.1. The number of amides is 1. The van der Waals surface area contributed by atoms with Gasteiger partial charge in [0.15, 0.2) is 5.78 Å². The van der Waals surface area contributed by atoms with Crippen molar-refractivity contribution >= 4 is 39.2 Å². The van der Waals surface area contributed by atoms with Crippen LogP contribution >= 0.6 is 11.5 Å². The highest BCUT2D eigenvalue weighted by Gasteiger charge is 2.25. The summed E-state index contributed by atoms with van der Waals surface area (Å²) in [5, 5.41) is 3.73. The fraction of sp³-hybridized carbons (Fsp3) is 0.348. The summed E-state index contributed by atoms with van der Waals surface area (Å²) in [6.07, 6.45) is 3.62. The van der Waals surface area contributed by atoms with Gasteiger partial charge in [-0.1, -0.05) is 0 Å². The van der Waals surface area contributed by atoms with E-state index in [2.05, 4.69) is 14.6 Å². The molecule has 0 bridgehead atoms. The van der Waals surface area contributed by atoms with Gasteiger partial charge < -0.3 is 9.64 Å². The number of rotatable bonds is 7. The summed E-state index contributed by atoms with van der Waals surface area (Å²) in [5.74, 6) is -0.251. The normalized spacial score (nSPS) is 15.1. The molecule has 8 heteroatoms. The van der Waals surface area contributed by atoms with Crippen LogP contribution in [-0.2, 0) is 4.74 Å². The van der Waals surface area contributed by atoms with E-state index in [1.54, 1.807) is 18.3 Å². The lowest BCUT2D eigenvalue weighted by atomic mass is 9.89. The summed E-state index contributed by atoms with van der Waals surface area (Å²) in [5.41, 5.74) is 1.26. The van der Waals surface area contributed by atoms with Gasteiger partial charge in [0, 0.05) is 35.3 Å². The molecule has 1 fully saturated rings. The lowest BCUT2D eigenvalue weighted by molar-refractivity contribution is 0.0830. The van der Waals surface area contributed by atoms with Crippen LogP contribution in [0.5, 0.6) is 0 Å². The van der Waals surface area contributed by atoms with Crippen molar-refractivity contribution in [1.29, 1.82) is 0 Å². The van der Waals surface area contributed by atoms with E-state index in [1.807, 2.05) is 18.2 Å². The molecule has 0 saturated carbocycles. The summed E-state index contributed by atoms with van der Waals surface area (Å²) in [7, 11) is 0. The number of hydrogen-bond acceptors (Lipinski definition) is 6. The Balaban J connectivity index is 1.13. The van der Waals surface area contributed by atoms with Gasteiger partial charge in [-0.3, -0.25) is 10.1 Å². The van der Waals surface area contributed by atoms with Crippen LogP contribution in [0, 0.1) is 11.7 Å². The number of fused-ring (bicyclic) bond motifs is 1. The van der Waals surface area contributed by atoms with Gasteiger partial charge in [0.25, 0.3) is 0 Å². The number of benzene rings is 2. The maximum Gasteiger partial charge on any atom is 0.411 e. The number of piperidine rings is 1. The monoisotopic (exact) mass is 441 g/mol. The molecule has 1 amide bonds. The van der Waals surface area contributed by atoms with Crippen molar-refractivity contribution in [2.24, 2.45) is 5.92 Å². The Hall–Kier alpha value is -2.84. The molecule has 31 heavy (non-hydrogen) atoms. The molecule has 0 aliphatic carbocycles. The van der Waals surface area contributed by atoms with E-state index in [-0.39, 0.29) is 17.5 Å². The lowest BCUT2D eigenvalue weighted by Crippen LogP contribution is -2.37. The summed E-state index contributed by atoms with van der Waals surface area (Å²) in [6, 6.07) is 11.4. The molecule has 1 aliphatic heterocycles. The maximum absolute atomic E-state index is 13.0. The minimum absolute atomic E-state index is 0.0143. The van der Waals surface area contributed by atoms with Crippen LogP contribution < -0.4 is 5.32 Å². The van der Waals surface area contributed by atoms with E-state index in [4.69, 9.17) is 4.74 Å². The minimum atomic E-state index is -0.467. The molecule has 2 aromatic carbocycles. The molecule has 1 aliphatic rings. The smallest absolute Gasteiger partial charge is 0.411 e. The average Bonchev–Trinajstić information content (AvgIpc) is 3.25. The number of anilines is 1. The Bertz CT molecular complexity index is 1050. The standard InChI is InChI=1S/C23H24FN3O3S/c24-19-4-2-16(3-5-19)22(28)17-8-11-27(12-9-17)10-1-13-30-23(29)26-20-6-7-21-18(14-20)15-25-31-21/h2-7,14-15,17H,1,8-13H2,(H,26,29). The highest BCUT2D eigenvalue weighted by Crippen LogP contribution is 2.23. The van der Waals surface area contributed by atoms with Crippen molar-refractivity contribution in [3.8, 4) is 0 Å². The number of carbonyl (C=O) groups is 2. The number of hydrogen-bond donors (Lipinski definition) is 1. The highest BCUT2D eigenvalue weighted by atomic mass is 32.1. The molecule has 4 rings (SSSR count). The number of halogens is 1. The molecule has 0 atom stereocenters. The first kappa shape index (κ1) is 21.4. The molecule has 3 aromatic rings. The fourth-order valence-corrected chi connectivity index (χ4v) is 4.45. The average molecular weight is 442 g/mol. The zero-order valence-corrected chi connectivity index (χ0v) is 17.9. The molecule has 6 nitrogen and oxygen atoms in total. The van der Waals surface area contributed by atoms with Gasteiger partial charge >= 0.3 is 6.09 Å². The van der Waals surface area contributed by atoms with Gasteiger partial charge in [0.05, 0.1) is 11.3 Å². The third-order valence-electron chi connectivity index (χ3n) is 5.54. The predicted molar refractivity (Wildman–Crippen MR) is 119 cm³/mol. The van der Waals surface area contributed by atoms with Crippen molar-refractivity contribution in [1.82, 2.24) is 9.27 Å². The van der Waals surface area contributed by atoms with Gasteiger partial charge in [0.2, 0.25) is 0 Å². The first-order valence-electron chi connectivity index (χ1n) is 10.4. The largest absolute Gasteiger partial charge is 0.449 e. The Morgan fingerprint density at radius 2 is 1.94 bits per heavy atom. The molecule has 1 N–H and O–H groups in total. The van der Waals surface area contributed by atoms with E-state index in [1.165, 1.54) is 23.7 Å². The van der Waals surface area contributed by atoms with Crippen LogP contribution in [0.25, 0.3) is 10.1 Å². The van der Waals surface area contributed by atoms with Gasteiger partial charge in [0.1, 0.15) is 5.82 Å². The summed E-state index contributed by atoms with van der Waals surface area (Å²) < 4.78 is 23.5. The lowest BCUT2D eigenvalue weighted by Gasteiger charge is -2.31. The third-order valence-corrected chi connectivity index (χ3v) is 6.32. The number of nitrogens with one attached hydrogen (secondary N) is 1. The SMILES string of the molecule is O=C(Nc1ccc2sncc2c1)OCCCN1CCC(C(=O)c2ccc(F)cc2)CC1. The number of likely N-dealkylation sites (tertiary alicyclic amines) is 1. The van der Waals surface area contributed by atoms with Crippen molar-refractivity contribution in [2.75, 3.05) is 31.6 Å². The minimum Gasteiger partial charge on any atom is -0.449 e. The van der Waals surface area contributed by atoms with Crippen LogP contribution in [0.3, 0.4) is 0 Å². The van der Waals surface area contributed by atoms with E-state index in [0.29, 0.717) is 17.9 Å². The summed E-state index contributed by atoms with van der Waals surface area (Å²) >= 11 is 1.42. The number of carbonyl (C=O) groups excluding carboxylic acids is 2. The van der Waals surface area contributed by atoms with E-state index in [9.17, 15) is 14.0 Å². The Kier molecular flexibility index (Phi) is 6.89. The Morgan fingerprint density at radius 1 is 1.16 bits per heavy atom. The number of nitrogens with zero attached hydrogens (tertiary/aromatic N) is 2. The Morgan fingerprint density at radius 3 is 2.71 bits per heavy atom. The topological polar surface area (TPSA) is 71.5 Å². The van der Waals surface area contributed by atoms with E-state index < -0.39 is 6.09 Å². The van der Waals surface area contributed by atoms with Crippen LogP contribution in [0.2, 0.25) is 0 Å². The van der Waals surface area contributed by atoms with E-state index in [0.717, 1.165) is 49.0 Å². The molecule has 0 unspecified atom stereocenters. The van der Waals surface area contributed by atoms with Gasteiger partial charge in [-0.2, -0.15) is 4.37 Å². The van der Waals surface area contributed by atoms with Crippen LogP contribution in [0.4, 0.5) is 14.9 Å². The van der Waals surface area contributed by atoms with Crippen molar-refractivity contribution < 1.29 is 18.7 Å². The number of ether oxygens (including phenoxy) is 1. The molecule has 162 valence electrons. The number of ketones is 1. The Labute approximate surface area is 184 Å². The third kappa shape index (κ3) is 5.65. The van der Waals surface area contributed by atoms with Gasteiger partial charge in [-0.05, 0) is 86.3 Å². The molecule has 1 aromatic heterocycles. The molecule has 2 heterocycles. The second-order valence-electron chi connectivity index (χ2n) is 7.68.